The van der Waals surface area contributed by atoms with E-state index in [1.54, 1.807) is 0 Å². The first kappa shape index (κ1) is 15.3. The average molecular weight is 278 g/mol. The first-order valence-electron chi connectivity index (χ1n) is 7.02. The van der Waals surface area contributed by atoms with Crippen LogP contribution < -0.4 is 4.74 Å². The van der Waals surface area contributed by atoms with Crippen molar-refractivity contribution in [2.75, 3.05) is 6.61 Å². The van der Waals surface area contributed by atoms with Gasteiger partial charge in [0, 0.05) is 11.1 Å². The second kappa shape index (κ2) is 5.02. The molecule has 1 aliphatic heterocycles. The van der Waals surface area contributed by atoms with Crippen LogP contribution in [0.2, 0.25) is 0 Å². The maximum absolute atomic E-state index is 12.3. The Morgan fingerprint density at radius 1 is 1.10 bits per heavy atom. The third-order valence-electron chi connectivity index (χ3n) is 3.87. The van der Waals surface area contributed by atoms with Crippen LogP contribution in [0.5, 0.6) is 5.75 Å². The lowest BCUT2D eigenvalue weighted by atomic mass is 9.73. The summed E-state index contributed by atoms with van der Waals surface area (Å²) in [6.07, 6.45) is 0.805. The van der Waals surface area contributed by atoms with Crippen LogP contribution >= 0.6 is 0 Å². The Morgan fingerprint density at radius 3 is 2.10 bits per heavy atom. The summed E-state index contributed by atoms with van der Waals surface area (Å²) in [7, 11) is 0. The number of benzene rings is 1. The van der Waals surface area contributed by atoms with Crippen molar-refractivity contribution in [2.24, 2.45) is 0 Å². The van der Waals surface area contributed by atoms with E-state index in [0.717, 1.165) is 10.8 Å². The van der Waals surface area contributed by atoms with E-state index in [1.807, 2.05) is 58.0 Å². The van der Waals surface area contributed by atoms with Gasteiger partial charge in [-0.2, -0.15) is 0 Å². The Hall–Kier alpha value is -1.10. The molecule has 1 aliphatic rings. The molecule has 0 unspecified atom stereocenters. The van der Waals surface area contributed by atoms with Gasteiger partial charge in [-0.3, -0.25) is 0 Å². The van der Waals surface area contributed by atoms with E-state index in [2.05, 4.69) is 0 Å². The van der Waals surface area contributed by atoms with E-state index in [0.29, 0.717) is 12.8 Å². The van der Waals surface area contributed by atoms with Gasteiger partial charge in [0.2, 0.25) is 0 Å². The Kier molecular flexibility index (Phi) is 3.84. The third kappa shape index (κ3) is 3.14. The lowest BCUT2D eigenvalue weighted by Gasteiger charge is -2.53. The lowest BCUT2D eigenvalue weighted by molar-refractivity contribution is -0.313. The number of aliphatic hydroxyl groups is 1. The van der Waals surface area contributed by atoms with Crippen molar-refractivity contribution in [1.29, 1.82) is 0 Å². The summed E-state index contributed by atoms with van der Waals surface area (Å²) in [5.41, 5.74) is -2.18. The summed E-state index contributed by atoms with van der Waals surface area (Å²) in [5, 5.41) is 24.2. The fourth-order valence-corrected chi connectivity index (χ4v) is 3.47. The Bertz CT molecular complexity index is 438. The first-order chi connectivity index (χ1) is 9.15. The molecule has 20 heavy (non-hydrogen) atoms. The maximum Gasteiger partial charge on any atom is 0.119 e. The zero-order valence-electron chi connectivity index (χ0n) is 12.7. The molecule has 1 aromatic rings. The van der Waals surface area contributed by atoms with Crippen LogP contribution in [-0.2, 0) is 5.21 Å². The van der Waals surface area contributed by atoms with Crippen LogP contribution in [0.15, 0.2) is 30.3 Å². The van der Waals surface area contributed by atoms with E-state index in [-0.39, 0.29) is 6.61 Å². The molecule has 0 bridgehead atoms. The van der Waals surface area contributed by atoms with Gasteiger partial charge in [-0.1, -0.05) is 18.2 Å². The number of rotatable bonds is 3. The second-order valence-corrected chi connectivity index (χ2v) is 7.10. The molecule has 0 aromatic heterocycles. The van der Waals surface area contributed by atoms with Crippen LogP contribution in [0.4, 0.5) is 0 Å². The lowest BCUT2D eigenvalue weighted by Crippen LogP contribution is -2.64. The SMILES string of the molecule is CC1(C)CC(O)(COc2ccccc2)CC(C)(C)N1[O]. The molecule has 1 heterocycles. The molecule has 111 valence electrons. The normalized spacial score (nSPS) is 24.3. The van der Waals surface area contributed by atoms with E-state index in [4.69, 9.17) is 4.74 Å². The minimum absolute atomic E-state index is 0.206. The molecular formula is C16H24NO3. The van der Waals surface area contributed by atoms with Crippen molar-refractivity contribution in [3.8, 4) is 5.75 Å². The quantitative estimate of drug-likeness (QED) is 0.925. The summed E-state index contributed by atoms with van der Waals surface area (Å²) in [6.45, 7) is 7.68. The molecule has 1 fully saturated rings. The maximum atomic E-state index is 12.3. The van der Waals surface area contributed by atoms with Crippen LogP contribution in [0, 0.1) is 0 Å². The summed E-state index contributed by atoms with van der Waals surface area (Å²) >= 11 is 0. The topological polar surface area (TPSA) is 52.6 Å². The van der Waals surface area contributed by atoms with Crippen molar-refractivity contribution >= 4 is 0 Å². The largest absolute Gasteiger partial charge is 0.491 e. The smallest absolute Gasteiger partial charge is 0.119 e. The Balaban J connectivity index is 2.10. The van der Waals surface area contributed by atoms with Gasteiger partial charge in [-0.25, -0.2) is 0 Å². The molecule has 1 aromatic carbocycles. The van der Waals surface area contributed by atoms with Gasteiger partial charge in [0.1, 0.15) is 18.0 Å². The molecule has 1 N–H and O–H groups in total. The van der Waals surface area contributed by atoms with E-state index < -0.39 is 16.7 Å². The number of ether oxygens (including phenoxy) is 1. The van der Waals surface area contributed by atoms with E-state index >= 15 is 0 Å². The number of para-hydroxylation sites is 1. The van der Waals surface area contributed by atoms with Gasteiger partial charge >= 0.3 is 0 Å². The van der Waals surface area contributed by atoms with E-state index in [9.17, 15) is 10.3 Å². The zero-order chi connectivity index (χ0) is 15.0. The monoisotopic (exact) mass is 278 g/mol. The summed E-state index contributed by atoms with van der Waals surface area (Å²) in [5.74, 6) is 0.737. The molecule has 0 amide bonds. The summed E-state index contributed by atoms with van der Waals surface area (Å²) < 4.78 is 5.70. The van der Waals surface area contributed by atoms with Gasteiger partial charge in [0.15, 0.2) is 0 Å². The zero-order valence-corrected chi connectivity index (χ0v) is 12.7. The van der Waals surface area contributed by atoms with Crippen molar-refractivity contribution in [3.05, 3.63) is 30.3 Å². The Morgan fingerprint density at radius 2 is 1.60 bits per heavy atom. The van der Waals surface area contributed by atoms with Crippen LogP contribution in [0.1, 0.15) is 40.5 Å². The first-order valence-corrected chi connectivity index (χ1v) is 7.02. The molecule has 0 aliphatic carbocycles. The van der Waals surface area contributed by atoms with Gasteiger partial charge in [0.25, 0.3) is 0 Å². The van der Waals surface area contributed by atoms with E-state index in [1.165, 1.54) is 0 Å². The highest BCUT2D eigenvalue weighted by atomic mass is 16.5. The number of piperidine rings is 1. The third-order valence-corrected chi connectivity index (χ3v) is 3.87. The van der Waals surface area contributed by atoms with Gasteiger partial charge in [-0.05, 0) is 52.7 Å². The molecular weight excluding hydrogens is 254 g/mol. The molecule has 0 atom stereocenters. The van der Waals surface area contributed by atoms with Crippen molar-refractivity contribution in [3.63, 3.8) is 0 Å². The number of nitrogens with zero attached hydrogens (tertiary/aromatic N) is 1. The molecule has 4 nitrogen and oxygen atoms in total. The van der Waals surface area contributed by atoms with Crippen molar-refractivity contribution < 1.29 is 15.1 Å². The number of hydroxylamine groups is 2. The van der Waals surface area contributed by atoms with Crippen LogP contribution in [-0.4, -0.2) is 33.5 Å². The molecule has 1 saturated heterocycles. The second-order valence-electron chi connectivity index (χ2n) is 7.10. The molecule has 0 spiro atoms. The minimum atomic E-state index is -0.982. The highest BCUT2D eigenvalue weighted by molar-refractivity contribution is 5.21. The number of hydrogen-bond donors (Lipinski definition) is 1. The molecule has 4 heteroatoms. The molecule has 0 saturated carbocycles. The minimum Gasteiger partial charge on any atom is -0.491 e. The fourth-order valence-electron chi connectivity index (χ4n) is 3.47. The van der Waals surface area contributed by atoms with Crippen LogP contribution in [0.3, 0.4) is 0 Å². The highest BCUT2D eigenvalue weighted by Crippen LogP contribution is 2.42. The average Bonchev–Trinajstić information content (AvgIpc) is 2.34. The fraction of sp³-hybridized carbons (Fsp3) is 0.625. The summed E-state index contributed by atoms with van der Waals surface area (Å²) in [6, 6.07) is 9.44. The van der Waals surface area contributed by atoms with Gasteiger partial charge < -0.3 is 9.84 Å². The molecule has 1 radical (unpaired) electrons. The van der Waals surface area contributed by atoms with Gasteiger partial charge in [-0.15, -0.1) is 10.3 Å². The Labute approximate surface area is 120 Å². The number of hydrogen-bond acceptors (Lipinski definition) is 3. The standard InChI is InChI=1S/C16H24NO3/c1-14(2)10-16(18,11-15(3,4)17(14)19)12-20-13-8-6-5-7-9-13/h5-9,18H,10-12H2,1-4H3. The predicted octanol–water partition coefficient (Wildman–Crippen LogP) is 2.80. The van der Waals surface area contributed by atoms with Crippen LogP contribution in [0.25, 0.3) is 0 Å². The molecule has 2 rings (SSSR count). The summed E-state index contributed by atoms with van der Waals surface area (Å²) in [4.78, 5) is 0. The predicted molar refractivity (Wildman–Crippen MR) is 76.8 cm³/mol. The van der Waals surface area contributed by atoms with Crippen molar-refractivity contribution in [2.45, 2.75) is 57.2 Å². The van der Waals surface area contributed by atoms with Crippen molar-refractivity contribution in [1.82, 2.24) is 5.06 Å². The highest BCUT2D eigenvalue weighted by Gasteiger charge is 2.52. The van der Waals surface area contributed by atoms with Gasteiger partial charge in [0.05, 0.1) is 0 Å².